The standard InChI is InChI=1S/C7H16N2O/c1-6(4-8-3)5-9-7(2)10/h6,8H,4-5H2,1-3H3,(H,9,10)/t6-/m1/s1. The molecule has 0 bridgehead atoms. The lowest BCUT2D eigenvalue weighted by Crippen LogP contribution is -2.30. The molecule has 3 nitrogen and oxygen atoms in total. The number of carbonyl (C=O) groups is 1. The molecule has 0 aliphatic heterocycles. The van der Waals surface area contributed by atoms with Crippen LogP contribution in [-0.2, 0) is 4.79 Å². The summed E-state index contributed by atoms with van der Waals surface area (Å²) in [5, 5.41) is 5.79. The van der Waals surface area contributed by atoms with Crippen molar-refractivity contribution < 1.29 is 4.79 Å². The van der Waals surface area contributed by atoms with Crippen molar-refractivity contribution in [1.82, 2.24) is 10.6 Å². The first-order valence-corrected chi connectivity index (χ1v) is 3.56. The number of amides is 1. The Morgan fingerprint density at radius 2 is 2.10 bits per heavy atom. The van der Waals surface area contributed by atoms with Crippen LogP contribution in [0.5, 0.6) is 0 Å². The molecule has 0 saturated carbocycles. The van der Waals surface area contributed by atoms with Crippen molar-refractivity contribution in [3.05, 3.63) is 0 Å². The predicted octanol–water partition coefficient (Wildman–Crippen LogP) is -0.0220. The molecule has 10 heavy (non-hydrogen) atoms. The van der Waals surface area contributed by atoms with Gasteiger partial charge in [0.05, 0.1) is 0 Å². The van der Waals surface area contributed by atoms with Crippen molar-refractivity contribution in [1.29, 1.82) is 0 Å². The summed E-state index contributed by atoms with van der Waals surface area (Å²) in [6.45, 7) is 5.33. The van der Waals surface area contributed by atoms with Gasteiger partial charge in [0.2, 0.25) is 5.91 Å². The van der Waals surface area contributed by atoms with Crippen LogP contribution in [0.15, 0.2) is 0 Å². The van der Waals surface area contributed by atoms with Crippen LogP contribution >= 0.6 is 0 Å². The SMILES string of the molecule is CNC[C@@H](C)CNC(C)=O. The second-order valence-corrected chi connectivity index (χ2v) is 2.60. The molecule has 0 aliphatic rings. The zero-order valence-corrected chi connectivity index (χ0v) is 6.90. The van der Waals surface area contributed by atoms with Gasteiger partial charge < -0.3 is 10.6 Å². The summed E-state index contributed by atoms with van der Waals surface area (Å²) >= 11 is 0. The van der Waals surface area contributed by atoms with Crippen LogP contribution in [0.1, 0.15) is 13.8 Å². The van der Waals surface area contributed by atoms with E-state index in [-0.39, 0.29) is 5.91 Å². The summed E-state index contributed by atoms with van der Waals surface area (Å²) < 4.78 is 0. The average Bonchev–Trinajstić information content (AvgIpc) is 1.85. The molecular formula is C7H16N2O. The molecule has 0 aromatic carbocycles. The van der Waals surface area contributed by atoms with Crippen LogP contribution < -0.4 is 10.6 Å². The Morgan fingerprint density at radius 1 is 1.50 bits per heavy atom. The van der Waals surface area contributed by atoms with Crippen LogP contribution in [0.2, 0.25) is 0 Å². The lowest BCUT2D eigenvalue weighted by Gasteiger charge is -2.09. The van der Waals surface area contributed by atoms with Crippen molar-refractivity contribution in [2.24, 2.45) is 5.92 Å². The summed E-state index contributed by atoms with van der Waals surface area (Å²) in [6, 6.07) is 0. The summed E-state index contributed by atoms with van der Waals surface area (Å²) in [5.41, 5.74) is 0. The van der Waals surface area contributed by atoms with E-state index in [0.29, 0.717) is 5.92 Å². The van der Waals surface area contributed by atoms with E-state index in [2.05, 4.69) is 17.6 Å². The van der Waals surface area contributed by atoms with E-state index in [0.717, 1.165) is 13.1 Å². The summed E-state index contributed by atoms with van der Waals surface area (Å²) in [6.07, 6.45) is 0. The van der Waals surface area contributed by atoms with E-state index < -0.39 is 0 Å². The highest BCUT2D eigenvalue weighted by molar-refractivity contribution is 5.72. The van der Waals surface area contributed by atoms with Crippen molar-refractivity contribution >= 4 is 5.91 Å². The van der Waals surface area contributed by atoms with Gasteiger partial charge in [0.15, 0.2) is 0 Å². The van der Waals surface area contributed by atoms with Gasteiger partial charge in [0.25, 0.3) is 0 Å². The van der Waals surface area contributed by atoms with Gasteiger partial charge in [0.1, 0.15) is 0 Å². The molecule has 0 aromatic rings. The van der Waals surface area contributed by atoms with Crippen LogP contribution in [0.25, 0.3) is 0 Å². The highest BCUT2D eigenvalue weighted by Gasteiger charge is 1.99. The Labute approximate surface area is 62.2 Å². The lowest BCUT2D eigenvalue weighted by molar-refractivity contribution is -0.119. The van der Waals surface area contributed by atoms with Gasteiger partial charge in [-0.25, -0.2) is 0 Å². The quantitative estimate of drug-likeness (QED) is 0.582. The zero-order valence-electron chi connectivity index (χ0n) is 6.90. The van der Waals surface area contributed by atoms with Crippen LogP contribution in [0.3, 0.4) is 0 Å². The molecule has 0 unspecified atom stereocenters. The van der Waals surface area contributed by atoms with Crippen molar-refractivity contribution in [3.63, 3.8) is 0 Å². The Balaban J connectivity index is 3.21. The van der Waals surface area contributed by atoms with E-state index >= 15 is 0 Å². The van der Waals surface area contributed by atoms with Crippen LogP contribution in [0.4, 0.5) is 0 Å². The summed E-state index contributed by atoms with van der Waals surface area (Å²) in [7, 11) is 1.91. The molecule has 0 saturated heterocycles. The molecule has 1 amide bonds. The number of nitrogens with one attached hydrogen (secondary N) is 2. The fraction of sp³-hybridized carbons (Fsp3) is 0.857. The maximum atomic E-state index is 10.4. The normalized spacial score (nSPS) is 12.7. The van der Waals surface area contributed by atoms with Gasteiger partial charge in [-0.15, -0.1) is 0 Å². The number of rotatable bonds is 4. The van der Waals surface area contributed by atoms with Crippen molar-refractivity contribution in [2.45, 2.75) is 13.8 Å². The van der Waals surface area contributed by atoms with Crippen molar-refractivity contribution in [2.75, 3.05) is 20.1 Å². The minimum Gasteiger partial charge on any atom is -0.356 e. The number of hydrogen-bond donors (Lipinski definition) is 2. The van der Waals surface area contributed by atoms with E-state index in [9.17, 15) is 4.79 Å². The first-order valence-electron chi connectivity index (χ1n) is 3.56. The predicted molar refractivity (Wildman–Crippen MR) is 41.8 cm³/mol. The number of hydrogen-bond acceptors (Lipinski definition) is 2. The molecule has 2 N–H and O–H groups in total. The van der Waals surface area contributed by atoms with E-state index in [4.69, 9.17) is 0 Å². The molecule has 0 heterocycles. The minimum absolute atomic E-state index is 0.0444. The maximum absolute atomic E-state index is 10.4. The largest absolute Gasteiger partial charge is 0.356 e. The van der Waals surface area contributed by atoms with Gasteiger partial charge in [-0.05, 0) is 19.5 Å². The van der Waals surface area contributed by atoms with Crippen molar-refractivity contribution in [3.8, 4) is 0 Å². The lowest BCUT2D eigenvalue weighted by atomic mass is 10.2. The van der Waals surface area contributed by atoms with Crippen LogP contribution in [-0.4, -0.2) is 26.0 Å². The van der Waals surface area contributed by atoms with Gasteiger partial charge in [-0.2, -0.15) is 0 Å². The highest BCUT2D eigenvalue weighted by atomic mass is 16.1. The zero-order chi connectivity index (χ0) is 7.98. The first kappa shape index (κ1) is 9.43. The molecule has 1 atom stereocenters. The third-order valence-corrected chi connectivity index (χ3v) is 1.25. The average molecular weight is 144 g/mol. The summed E-state index contributed by atoms with van der Waals surface area (Å²) in [5.74, 6) is 0.553. The smallest absolute Gasteiger partial charge is 0.216 e. The minimum atomic E-state index is 0.0444. The third-order valence-electron chi connectivity index (χ3n) is 1.25. The topological polar surface area (TPSA) is 41.1 Å². The number of carbonyl (C=O) groups excluding carboxylic acids is 1. The fourth-order valence-electron chi connectivity index (χ4n) is 0.739. The molecule has 0 radical (unpaired) electrons. The van der Waals surface area contributed by atoms with Gasteiger partial charge >= 0.3 is 0 Å². The maximum Gasteiger partial charge on any atom is 0.216 e. The molecule has 0 spiro atoms. The van der Waals surface area contributed by atoms with E-state index in [1.165, 1.54) is 6.92 Å². The molecule has 0 fully saturated rings. The second-order valence-electron chi connectivity index (χ2n) is 2.60. The molecule has 3 heteroatoms. The third kappa shape index (κ3) is 5.56. The summed E-state index contributed by atoms with van der Waals surface area (Å²) in [4.78, 5) is 10.4. The van der Waals surface area contributed by atoms with Crippen LogP contribution in [0, 0.1) is 5.92 Å². The Kier molecular flexibility index (Phi) is 4.94. The molecule has 60 valence electrons. The molecular weight excluding hydrogens is 128 g/mol. The fourth-order valence-corrected chi connectivity index (χ4v) is 0.739. The monoisotopic (exact) mass is 144 g/mol. The molecule has 0 rings (SSSR count). The highest BCUT2D eigenvalue weighted by Crippen LogP contribution is 1.87. The first-order chi connectivity index (χ1) is 4.66. The van der Waals surface area contributed by atoms with Gasteiger partial charge in [-0.1, -0.05) is 6.92 Å². The Hall–Kier alpha value is -0.570. The van der Waals surface area contributed by atoms with E-state index in [1.807, 2.05) is 7.05 Å². The van der Waals surface area contributed by atoms with Gasteiger partial charge in [-0.3, -0.25) is 4.79 Å². The van der Waals surface area contributed by atoms with Gasteiger partial charge in [0, 0.05) is 13.5 Å². The second kappa shape index (κ2) is 5.23. The molecule has 0 aliphatic carbocycles. The Bertz CT molecular complexity index is 104. The van der Waals surface area contributed by atoms with E-state index in [1.54, 1.807) is 0 Å². The Morgan fingerprint density at radius 3 is 2.50 bits per heavy atom. The molecule has 0 aromatic heterocycles.